The van der Waals surface area contributed by atoms with Gasteiger partial charge in [-0.25, -0.2) is 15.0 Å². The van der Waals surface area contributed by atoms with E-state index in [-0.39, 0.29) is 5.91 Å². The van der Waals surface area contributed by atoms with Gasteiger partial charge >= 0.3 is 0 Å². The minimum atomic E-state index is -0.0650. The predicted octanol–water partition coefficient (Wildman–Crippen LogP) is 3.87. The zero-order valence-electron chi connectivity index (χ0n) is 15.2. The third kappa shape index (κ3) is 2.82. The molecule has 134 valence electrons. The largest absolute Gasteiger partial charge is 0.481 e. The van der Waals surface area contributed by atoms with Crippen LogP contribution < -0.4 is 9.64 Å². The van der Waals surface area contributed by atoms with E-state index < -0.39 is 0 Å². The molecule has 0 atom stereocenters. The maximum absolute atomic E-state index is 13.1. The quantitative estimate of drug-likeness (QED) is 0.699. The smallest absolute Gasteiger partial charge is 0.268 e. The van der Waals surface area contributed by atoms with E-state index in [1.165, 1.54) is 11.3 Å². The molecule has 6 nitrogen and oxygen atoms in total. The highest BCUT2D eigenvalue weighted by atomic mass is 32.1. The number of amides is 1. The lowest BCUT2D eigenvalue weighted by Crippen LogP contribution is -2.26. The lowest BCUT2D eigenvalue weighted by molar-refractivity contribution is 0.0996. The standard InChI is InChI=1S/C19H20N4O2S/c1-10-15-11(2)21-17(12-5-6-12)22-18(15)26-16(10)19(24)23(3)13-7-8-14(25-4)20-9-13/h7-9,12H,5-6H2,1-4H3. The van der Waals surface area contributed by atoms with Crippen LogP contribution in [0.4, 0.5) is 5.69 Å². The number of thiophene rings is 1. The molecule has 0 spiro atoms. The summed E-state index contributed by atoms with van der Waals surface area (Å²) in [6.07, 6.45) is 3.96. The molecule has 26 heavy (non-hydrogen) atoms. The molecule has 1 fully saturated rings. The van der Waals surface area contributed by atoms with E-state index in [4.69, 9.17) is 9.72 Å². The molecule has 3 aromatic heterocycles. The summed E-state index contributed by atoms with van der Waals surface area (Å²) >= 11 is 1.45. The summed E-state index contributed by atoms with van der Waals surface area (Å²) in [4.78, 5) is 29.8. The van der Waals surface area contributed by atoms with Crippen molar-refractivity contribution < 1.29 is 9.53 Å². The molecular formula is C19H20N4O2S. The molecule has 0 radical (unpaired) electrons. The monoisotopic (exact) mass is 368 g/mol. The number of fused-ring (bicyclic) bond motifs is 1. The first kappa shape index (κ1) is 16.9. The molecule has 1 amide bonds. The highest BCUT2D eigenvalue weighted by Crippen LogP contribution is 2.40. The number of aryl methyl sites for hydroxylation is 2. The van der Waals surface area contributed by atoms with Gasteiger partial charge in [-0.05, 0) is 38.3 Å². The summed E-state index contributed by atoms with van der Waals surface area (Å²) in [6, 6.07) is 3.57. The third-order valence-corrected chi connectivity index (χ3v) is 5.92. The van der Waals surface area contributed by atoms with Crippen molar-refractivity contribution in [3.63, 3.8) is 0 Å². The molecule has 1 saturated carbocycles. The van der Waals surface area contributed by atoms with Crippen molar-refractivity contribution in [3.8, 4) is 5.88 Å². The van der Waals surface area contributed by atoms with Gasteiger partial charge < -0.3 is 9.64 Å². The van der Waals surface area contributed by atoms with Crippen LogP contribution in [0.2, 0.25) is 0 Å². The summed E-state index contributed by atoms with van der Waals surface area (Å²) in [5, 5.41) is 1.00. The van der Waals surface area contributed by atoms with Crippen molar-refractivity contribution >= 4 is 33.1 Å². The molecule has 4 rings (SSSR count). The van der Waals surface area contributed by atoms with Crippen LogP contribution in [0.3, 0.4) is 0 Å². The molecule has 0 aromatic carbocycles. The molecule has 0 saturated heterocycles. The first-order valence-electron chi connectivity index (χ1n) is 8.55. The van der Waals surface area contributed by atoms with Crippen LogP contribution in [0.5, 0.6) is 5.88 Å². The van der Waals surface area contributed by atoms with Gasteiger partial charge in [-0.1, -0.05) is 0 Å². The molecule has 1 aliphatic rings. The maximum Gasteiger partial charge on any atom is 0.268 e. The second kappa shape index (κ2) is 6.32. The Balaban J connectivity index is 1.71. The average Bonchev–Trinajstić information content (AvgIpc) is 3.44. The average molecular weight is 368 g/mol. The molecule has 0 aliphatic heterocycles. The van der Waals surface area contributed by atoms with Gasteiger partial charge in [0.05, 0.1) is 29.6 Å². The van der Waals surface area contributed by atoms with E-state index in [1.54, 1.807) is 31.3 Å². The Kier molecular flexibility index (Phi) is 4.11. The zero-order chi connectivity index (χ0) is 18.4. The third-order valence-electron chi connectivity index (χ3n) is 4.75. The highest BCUT2D eigenvalue weighted by molar-refractivity contribution is 7.20. The summed E-state index contributed by atoms with van der Waals surface area (Å²) < 4.78 is 5.07. The Morgan fingerprint density at radius 3 is 2.65 bits per heavy atom. The second-order valence-electron chi connectivity index (χ2n) is 6.60. The number of nitrogens with zero attached hydrogens (tertiary/aromatic N) is 4. The van der Waals surface area contributed by atoms with Crippen LogP contribution in [0.25, 0.3) is 10.2 Å². The number of pyridine rings is 1. The number of carbonyl (C=O) groups excluding carboxylic acids is 1. The SMILES string of the molecule is COc1ccc(N(C)C(=O)c2sc3nc(C4CC4)nc(C)c3c2C)cn1. The summed E-state index contributed by atoms with van der Waals surface area (Å²) in [5.74, 6) is 1.87. The van der Waals surface area contributed by atoms with Gasteiger partial charge in [0.1, 0.15) is 10.7 Å². The number of aromatic nitrogens is 3. The van der Waals surface area contributed by atoms with Crippen molar-refractivity contribution in [1.82, 2.24) is 15.0 Å². The molecule has 3 aromatic rings. The van der Waals surface area contributed by atoms with Crippen molar-refractivity contribution in [3.05, 3.63) is 40.3 Å². The van der Waals surface area contributed by atoms with Crippen LogP contribution in [-0.4, -0.2) is 35.0 Å². The van der Waals surface area contributed by atoms with E-state index in [0.29, 0.717) is 22.4 Å². The van der Waals surface area contributed by atoms with Gasteiger partial charge in [-0.3, -0.25) is 4.79 Å². The van der Waals surface area contributed by atoms with Crippen molar-refractivity contribution in [2.45, 2.75) is 32.6 Å². The van der Waals surface area contributed by atoms with Gasteiger partial charge in [0.15, 0.2) is 0 Å². The van der Waals surface area contributed by atoms with Gasteiger partial charge in [-0.15, -0.1) is 11.3 Å². The fourth-order valence-electron chi connectivity index (χ4n) is 3.05. The topological polar surface area (TPSA) is 68.2 Å². The fraction of sp³-hybridized carbons (Fsp3) is 0.368. The Morgan fingerprint density at radius 2 is 2.04 bits per heavy atom. The normalized spacial score (nSPS) is 13.8. The van der Waals surface area contributed by atoms with Crippen LogP contribution in [-0.2, 0) is 0 Å². The first-order valence-corrected chi connectivity index (χ1v) is 9.37. The van der Waals surface area contributed by atoms with Crippen molar-refractivity contribution in [2.75, 3.05) is 19.1 Å². The van der Waals surface area contributed by atoms with Crippen LogP contribution >= 0.6 is 11.3 Å². The van der Waals surface area contributed by atoms with Gasteiger partial charge in [-0.2, -0.15) is 0 Å². The summed E-state index contributed by atoms with van der Waals surface area (Å²) in [6.45, 7) is 3.97. The Labute approximate surface area is 155 Å². The zero-order valence-corrected chi connectivity index (χ0v) is 16.1. The number of anilines is 1. The number of carbonyl (C=O) groups is 1. The number of rotatable bonds is 4. The van der Waals surface area contributed by atoms with Crippen LogP contribution in [0, 0.1) is 13.8 Å². The molecule has 7 heteroatoms. The van der Waals surface area contributed by atoms with E-state index in [9.17, 15) is 4.79 Å². The van der Waals surface area contributed by atoms with Crippen LogP contribution in [0.15, 0.2) is 18.3 Å². The molecule has 0 bridgehead atoms. The number of ether oxygens (including phenoxy) is 1. The fourth-order valence-corrected chi connectivity index (χ4v) is 4.26. The number of hydrogen-bond donors (Lipinski definition) is 0. The first-order chi connectivity index (χ1) is 12.5. The minimum Gasteiger partial charge on any atom is -0.481 e. The van der Waals surface area contributed by atoms with Gasteiger partial charge in [0.25, 0.3) is 5.91 Å². The van der Waals surface area contributed by atoms with Gasteiger partial charge in [0.2, 0.25) is 5.88 Å². The molecular weight excluding hydrogens is 348 g/mol. The van der Waals surface area contributed by atoms with E-state index in [1.807, 2.05) is 19.9 Å². The highest BCUT2D eigenvalue weighted by Gasteiger charge is 2.29. The van der Waals surface area contributed by atoms with Crippen molar-refractivity contribution in [2.24, 2.45) is 0 Å². The predicted molar refractivity (Wildman–Crippen MR) is 102 cm³/mol. The second-order valence-corrected chi connectivity index (χ2v) is 7.60. The Hall–Kier alpha value is -2.54. The lowest BCUT2D eigenvalue weighted by Gasteiger charge is -2.16. The van der Waals surface area contributed by atoms with Gasteiger partial charge in [0, 0.05) is 24.4 Å². The number of methoxy groups -OCH3 is 1. The maximum atomic E-state index is 13.1. The molecule has 0 unspecified atom stereocenters. The van der Waals surface area contributed by atoms with Crippen LogP contribution in [0.1, 0.15) is 45.5 Å². The summed E-state index contributed by atoms with van der Waals surface area (Å²) in [7, 11) is 3.32. The molecule has 3 heterocycles. The van der Waals surface area contributed by atoms with Crippen molar-refractivity contribution in [1.29, 1.82) is 0 Å². The minimum absolute atomic E-state index is 0.0650. The van der Waals surface area contributed by atoms with E-state index in [0.717, 1.165) is 40.1 Å². The summed E-state index contributed by atoms with van der Waals surface area (Å²) in [5.41, 5.74) is 2.62. The lowest BCUT2D eigenvalue weighted by atomic mass is 10.1. The number of hydrogen-bond acceptors (Lipinski definition) is 6. The van der Waals surface area contributed by atoms with E-state index >= 15 is 0 Å². The molecule has 0 N–H and O–H groups in total. The van der Waals surface area contributed by atoms with E-state index in [2.05, 4.69) is 9.97 Å². The Morgan fingerprint density at radius 1 is 1.27 bits per heavy atom. The molecule has 1 aliphatic carbocycles. The Bertz CT molecular complexity index is 993.